The maximum atomic E-state index is 14.8. The Morgan fingerprint density at radius 3 is 2.24 bits per heavy atom. The van der Waals surface area contributed by atoms with Crippen LogP contribution < -0.4 is 45.3 Å². The van der Waals surface area contributed by atoms with E-state index in [1.165, 1.54) is 7.11 Å². The molecule has 2 atom stereocenters. The molecule has 0 aliphatic carbocycles. The molecule has 3 amide bonds. The molecule has 0 fully saturated rings. The molecule has 0 saturated heterocycles. The molecule has 50 heavy (non-hydrogen) atoms. The van der Waals surface area contributed by atoms with Gasteiger partial charge in [-0.3, -0.25) is 9.59 Å². The third-order valence-electron chi connectivity index (χ3n) is 7.93. The van der Waals surface area contributed by atoms with Gasteiger partial charge in [0.2, 0.25) is 11.8 Å². The predicted octanol–water partition coefficient (Wildman–Crippen LogP) is 1.57. The van der Waals surface area contributed by atoms with Gasteiger partial charge in [0.1, 0.15) is 17.5 Å². The first-order valence-electron chi connectivity index (χ1n) is 15.6. The van der Waals surface area contributed by atoms with Crippen LogP contribution in [0.25, 0.3) is 11.3 Å². The minimum Gasteiger partial charge on any atom is -0.553 e. The predicted molar refractivity (Wildman–Crippen MR) is 187 cm³/mol. The third-order valence-corrected chi connectivity index (χ3v) is 7.93. The van der Waals surface area contributed by atoms with Crippen LogP contribution in [-0.2, 0) is 32.8 Å². The SMILES string of the molecule is COc1ccc(CN(C(=O)[C@H](Cc2c(C)cc(C(N)=O)cc2C)NC(=O)OC(C)(C)C)[C@@H](C)c2ncc(-c3ccccc3)[nH]2)cc1[C-]=O.[Na+].[OH3+]. The van der Waals surface area contributed by atoms with Gasteiger partial charge >= 0.3 is 35.7 Å². The number of benzene rings is 3. The van der Waals surface area contributed by atoms with E-state index < -0.39 is 35.6 Å². The van der Waals surface area contributed by atoms with Crippen LogP contribution in [0.1, 0.15) is 77.7 Å². The summed E-state index contributed by atoms with van der Waals surface area (Å²) in [6.07, 6.45) is 2.94. The fraction of sp³-hybridized carbons (Fsp3) is 0.324. The van der Waals surface area contributed by atoms with Gasteiger partial charge in [-0.25, -0.2) is 9.78 Å². The number of carbonyl (C=O) groups is 3. The number of aromatic nitrogens is 2. The van der Waals surface area contributed by atoms with Crippen molar-refractivity contribution in [2.75, 3.05) is 7.11 Å². The summed E-state index contributed by atoms with van der Waals surface area (Å²) in [5.74, 6) is -0.108. The van der Waals surface area contributed by atoms with Crippen LogP contribution in [0.2, 0.25) is 0 Å². The summed E-state index contributed by atoms with van der Waals surface area (Å²) in [5.41, 5.74) is 9.89. The van der Waals surface area contributed by atoms with Crippen LogP contribution in [0, 0.1) is 13.8 Å². The number of primary amides is 1. The molecule has 1 aromatic heterocycles. The van der Waals surface area contributed by atoms with Crippen molar-refractivity contribution in [3.05, 3.63) is 106 Å². The second-order valence-corrected chi connectivity index (χ2v) is 12.7. The summed E-state index contributed by atoms with van der Waals surface area (Å²) in [6.45, 7) is 10.8. The molecule has 1 heterocycles. The maximum absolute atomic E-state index is 14.8. The van der Waals surface area contributed by atoms with Crippen LogP contribution in [0.3, 0.4) is 0 Å². The number of nitrogens with two attached hydrogens (primary N) is 1. The Morgan fingerprint density at radius 2 is 1.68 bits per heavy atom. The number of aromatic amines is 1. The van der Waals surface area contributed by atoms with Crippen LogP contribution in [0.15, 0.2) is 66.9 Å². The van der Waals surface area contributed by atoms with E-state index in [0.717, 1.165) is 27.9 Å². The fourth-order valence-electron chi connectivity index (χ4n) is 5.51. The van der Waals surface area contributed by atoms with Crippen LogP contribution in [0.5, 0.6) is 5.75 Å². The van der Waals surface area contributed by atoms with Gasteiger partial charge in [0.05, 0.1) is 31.3 Å². The Kier molecular flexibility index (Phi) is 15.0. The molecule has 260 valence electrons. The number of amides is 3. The maximum Gasteiger partial charge on any atom is 1.00 e. The van der Waals surface area contributed by atoms with Crippen LogP contribution in [0.4, 0.5) is 4.79 Å². The molecule has 4 rings (SSSR count). The number of nitrogens with zero attached hydrogens (tertiary/aromatic N) is 2. The van der Waals surface area contributed by atoms with E-state index in [-0.39, 0.29) is 53.6 Å². The third kappa shape index (κ3) is 10.5. The van der Waals surface area contributed by atoms with Gasteiger partial charge in [-0.1, -0.05) is 48.0 Å². The number of H-pyrrole nitrogens is 1. The normalized spacial score (nSPS) is 12.0. The van der Waals surface area contributed by atoms with Gasteiger partial charge in [-0.15, -0.1) is 5.56 Å². The molecule has 0 saturated carbocycles. The molecule has 0 bridgehead atoms. The van der Waals surface area contributed by atoms with Gasteiger partial charge in [-0.05, 0) is 75.9 Å². The number of aryl methyl sites for hydroxylation is 2. The molecule has 0 aliphatic rings. The summed E-state index contributed by atoms with van der Waals surface area (Å²) >= 11 is 0. The zero-order chi connectivity index (χ0) is 35.2. The quantitative estimate of drug-likeness (QED) is 0.114. The van der Waals surface area contributed by atoms with Gasteiger partial charge < -0.3 is 40.7 Å². The number of hydrogen-bond donors (Lipinski definition) is 3. The van der Waals surface area contributed by atoms with Crippen molar-refractivity contribution in [2.45, 2.75) is 72.2 Å². The van der Waals surface area contributed by atoms with E-state index in [2.05, 4.69) is 15.3 Å². The number of rotatable bonds is 12. The molecular weight excluding hydrogens is 649 g/mol. The van der Waals surface area contributed by atoms with Crippen molar-refractivity contribution in [1.29, 1.82) is 0 Å². The summed E-state index contributed by atoms with van der Waals surface area (Å²) in [6, 6.07) is 16.3. The van der Waals surface area contributed by atoms with E-state index in [0.29, 0.717) is 22.7 Å². The minimum atomic E-state index is -1.09. The Morgan fingerprint density at radius 1 is 1.04 bits per heavy atom. The number of alkyl carbamates (subject to hydrolysis) is 1. The van der Waals surface area contributed by atoms with Gasteiger partial charge in [0.25, 0.3) is 0 Å². The fourth-order valence-corrected chi connectivity index (χ4v) is 5.51. The summed E-state index contributed by atoms with van der Waals surface area (Å²) in [5, 5.41) is 2.80. The average Bonchev–Trinajstić information content (AvgIpc) is 3.54. The van der Waals surface area contributed by atoms with Gasteiger partial charge in [0.15, 0.2) is 0 Å². The molecule has 13 heteroatoms. The minimum absolute atomic E-state index is 0. The summed E-state index contributed by atoms with van der Waals surface area (Å²) in [7, 11) is 1.46. The number of imidazole rings is 1. The Bertz CT molecular complexity index is 1780. The van der Waals surface area contributed by atoms with Gasteiger partial charge in [-0.2, -0.15) is 6.07 Å². The first-order valence-corrected chi connectivity index (χ1v) is 15.6. The van der Waals surface area contributed by atoms with E-state index in [9.17, 15) is 19.2 Å². The van der Waals surface area contributed by atoms with Crippen LogP contribution in [-0.4, -0.2) is 57.8 Å². The summed E-state index contributed by atoms with van der Waals surface area (Å²) < 4.78 is 10.9. The largest absolute Gasteiger partial charge is 1.00 e. The average molecular weight is 695 g/mol. The zero-order valence-electron chi connectivity index (χ0n) is 29.9. The number of ether oxygens (including phenoxy) is 2. The Balaban J connectivity index is 0.00000433. The van der Waals surface area contributed by atoms with Crippen molar-refractivity contribution in [3.8, 4) is 17.0 Å². The van der Waals surface area contributed by atoms with Crippen molar-refractivity contribution in [3.63, 3.8) is 0 Å². The van der Waals surface area contributed by atoms with Crippen molar-refractivity contribution >= 4 is 24.2 Å². The topological polar surface area (TPSA) is 190 Å². The molecule has 12 nitrogen and oxygen atoms in total. The van der Waals surface area contributed by atoms with E-state index in [1.807, 2.05) is 57.4 Å². The van der Waals surface area contributed by atoms with Crippen molar-refractivity contribution < 1.29 is 63.7 Å². The standard InChI is InChI=1S/C37H42N5O6.Na.H2O/c1-22-15-27(33(38)44)16-23(2)29(22)18-30(41-36(46)48-37(4,5)6)35(45)42(20-25-13-14-32(47-7)28(17-25)21-43)24(3)34-39-19-31(40-34)26-11-9-8-10-12-26;;/h8-17,19,24,30H,18,20H2,1-7H3,(H2,38,44)(H,39,40)(H,41,46);;1H2/q-1;+1;/p+1/t24-,30-;;/m0../s1. The number of methoxy groups -OCH3 is 1. The second kappa shape index (κ2) is 18.0. The van der Waals surface area contributed by atoms with Crippen molar-refractivity contribution in [1.82, 2.24) is 20.2 Å². The first-order chi connectivity index (χ1) is 22.7. The molecule has 0 unspecified atom stereocenters. The van der Waals surface area contributed by atoms with E-state index >= 15 is 0 Å². The Hall–Kier alpha value is -4.49. The molecule has 3 aromatic carbocycles. The van der Waals surface area contributed by atoms with Crippen molar-refractivity contribution in [2.24, 2.45) is 5.73 Å². The molecule has 4 aromatic rings. The smallest absolute Gasteiger partial charge is 0.553 e. The molecular formula is C37H45N5NaO7+. The molecule has 0 spiro atoms. The molecule has 7 N–H and O–H groups in total. The number of carbonyl (C=O) groups excluding carboxylic acids is 4. The Labute approximate surface area is 314 Å². The molecule has 0 radical (unpaired) electrons. The van der Waals surface area contributed by atoms with E-state index in [4.69, 9.17) is 15.2 Å². The van der Waals surface area contributed by atoms with Crippen LogP contribution >= 0.6 is 0 Å². The number of nitrogens with one attached hydrogen (secondary N) is 2. The monoisotopic (exact) mass is 694 g/mol. The zero-order valence-corrected chi connectivity index (χ0v) is 31.9. The van der Waals surface area contributed by atoms with Gasteiger partial charge in [0, 0.05) is 24.3 Å². The second-order valence-electron chi connectivity index (χ2n) is 12.7. The number of hydrogen-bond acceptors (Lipinski definition) is 7. The first kappa shape index (κ1) is 41.7. The van der Waals surface area contributed by atoms with E-state index in [1.54, 1.807) is 62.2 Å². The molecule has 0 aliphatic heterocycles. The summed E-state index contributed by atoms with van der Waals surface area (Å²) in [4.78, 5) is 61.1.